The van der Waals surface area contributed by atoms with Gasteiger partial charge in [-0.25, -0.2) is 0 Å². The van der Waals surface area contributed by atoms with Gasteiger partial charge in [0.2, 0.25) is 0 Å². The van der Waals surface area contributed by atoms with Crippen molar-refractivity contribution in [3.8, 4) is 0 Å². The summed E-state index contributed by atoms with van der Waals surface area (Å²) in [5.41, 5.74) is 2.33. The lowest BCUT2D eigenvalue weighted by Gasteiger charge is -2.13. The van der Waals surface area contributed by atoms with Crippen LogP contribution in [-0.2, 0) is 16.0 Å². The van der Waals surface area contributed by atoms with Crippen LogP contribution in [0.1, 0.15) is 29.8 Å². The van der Waals surface area contributed by atoms with E-state index in [1.54, 1.807) is 38.1 Å². The number of amides is 2. The Hall–Kier alpha value is -2.49. The number of carbonyl (C=O) groups is 3. The van der Waals surface area contributed by atoms with Crippen molar-refractivity contribution >= 4 is 18.1 Å². The number of allylic oxidation sites excluding steroid dienone is 2. The Kier molecular flexibility index (Phi) is 4.48. The number of carbonyl (C=O) groups excluding carboxylic acids is 3. The molecule has 0 N–H and O–H groups in total. The van der Waals surface area contributed by atoms with Crippen LogP contribution in [0.3, 0.4) is 0 Å². The van der Waals surface area contributed by atoms with Crippen molar-refractivity contribution in [2.75, 3.05) is 6.54 Å². The molecule has 1 heterocycles. The summed E-state index contributed by atoms with van der Waals surface area (Å²) in [4.78, 5) is 36.7. The van der Waals surface area contributed by atoms with Gasteiger partial charge in [-0.3, -0.25) is 19.3 Å². The molecule has 1 saturated heterocycles. The van der Waals surface area contributed by atoms with E-state index in [1.807, 2.05) is 12.1 Å². The van der Waals surface area contributed by atoms with E-state index in [1.165, 1.54) is 4.90 Å². The van der Waals surface area contributed by atoms with E-state index in [0.29, 0.717) is 23.1 Å². The number of hydrogen-bond acceptors (Lipinski definition) is 3. The van der Waals surface area contributed by atoms with Gasteiger partial charge in [-0.05, 0) is 25.8 Å². The molecule has 4 heteroatoms. The summed E-state index contributed by atoms with van der Waals surface area (Å²) in [5, 5.41) is 0. The number of hydrogen-bond donors (Lipinski definition) is 0. The van der Waals surface area contributed by atoms with Crippen molar-refractivity contribution in [3.05, 3.63) is 58.7 Å². The molecule has 1 aliphatic rings. The summed E-state index contributed by atoms with van der Waals surface area (Å²) < 4.78 is 0. The molecule has 1 aromatic carbocycles. The van der Waals surface area contributed by atoms with Gasteiger partial charge in [0.25, 0.3) is 11.8 Å². The Labute approximate surface area is 123 Å². The van der Waals surface area contributed by atoms with Gasteiger partial charge in [-0.15, -0.1) is 0 Å². The maximum atomic E-state index is 12.2. The number of imide groups is 1. The highest BCUT2D eigenvalue weighted by atomic mass is 16.2. The first kappa shape index (κ1) is 14.9. The van der Waals surface area contributed by atoms with Crippen molar-refractivity contribution in [2.24, 2.45) is 0 Å². The molecule has 4 nitrogen and oxygen atoms in total. The van der Waals surface area contributed by atoms with E-state index in [2.05, 4.69) is 0 Å². The Balaban J connectivity index is 2.19. The quantitative estimate of drug-likeness (QED) is 0.484. The lowest BCUT2D eigenvalue weighted by molar-refractivity contribution is -0.136. The van der Waals surface area contributed by atoms with Gasteiger partial charge in [0, 0.05) is 23.3 Å². The van der Waals surface area contributed by atoms with E-state index in [-0.39, 0.29) is 18.4 Å². The largest absolute Gasteiger partial charge is 0.298 e. The molecule has 2 amide bonds. The molecule has 1 fully saturated rings. The first-order valence-electron chi connectivity index (χ1n) is 6.86. The fourth-order valence-electron chi connectivity index (χ4n) is 2.48. The second-order valence-electron chi connectivity index (χ2n) is 4.73. The summed E-state index contributed by atoms with van der Waals surface area (Å²) in [6, 6.07) is 7.19. The molecule has 21 heavy (non-hydrogen) atoms. The van der Waals surface area contributed by atoms with E-state index in [0.717, 1.165) is 11.8 Å². The second kappa shape index (κ2) is 6.31. The highest BCUT2D eigenvalue weighted by Gasteiger charge is 2.37. The minimum Gasteiger partial charge on any atom is -0.298 e. The molecule has 2 rings (SSSR count). The standard InChI is InChI=1S/C17H17NO3/c1-3-14-15(4-2)17(21)18(16(14)20)10-9-12-7-5-6-8-13(12)11-19/h3-8,11H,9-10H2,1-2H3/b14-3+,15-4+. The van der Waals surface area contributed by atoms with Gasteiger partial charge in [-0.2, -0.15) is 0 Å². The molecule has 0 unspecified atom stereocenters. The van der Waals surface area contributed by atoms with Crippen molar-refractivity contribution in [1.29, 1.82) is 0 Å². The number of rotatable bonds is 4. The van der Waals surface area contributed by atoms with E-state index in [9.17, 15) is 14.4 Å². The maximum absolute atomic E-state index is 12.2. The third kappa shape index (κ3) is 2.70. The van der Waals surface area contributed by atoms with Crippen LogP contribution in [0, 0.1) is 0 Å². The van der Waals surface area contributed by atoms with Crippen LogP contribution in [0.4, 0.5) is 0 Å². The Bertz CT molecular complexity index is 626. The zero-order chi connectivity index (χ0) is 15.4. The van der Waals surface area contributed by atoms with Crippen molar-refractivity contribution in [3.63, 3.8) is 0 Å². The van der Waals surface area contributed by atoms with Crippen molar-refractivity contribution in [2.45, 2.75) is 20.3 Å². The molecule has 0 aliphatic carbocycles. The summed E-state index contributed by atoms with van der Waals surface area (Å²) in [5.74, 6) is -0.529. The molecular formula is C17H17NO3. The van der Waals surface area contributed by atoms with Crippen LogP contribution in [0.15, 0.2) is 47.6 Å². The molecule has 1 aromatic rings. The highest BCUT2D eigenvalue weighted by molar-refractivity contribution is 6.24. The average Bonchev–Trinajstić information content (AvgIpc) is 2.75. The molecule has 108 valence electrons. The number of benzene rings is 1. The van der Waals surface area contributed by atoms with Gasteiger partial charge >= 0.3 is 0 Å². The molecule has 0 saturated carbocycles. The minimum atomic E-state index is -0.265. The normalized spacial score (nSPS) is 18.9. The number of nitrogens with zero attached hydrogens (tertiary/aromatic N) is 1. The topological polar surface area (TPSA) is 54.5 Å². The molecule has 1 aliphatic heterocycles. The predicted octanol–water partition coefficient (Wildman–Crippen LogP) is 2.30. The number of aldehydes is 1. The first-order chi connectivity index (χ1) is 10.1. The van der Waals surface area contributed by atoms with Crippen LogP contribution in [0.5, 0.6) is 0 Å². The van der Waals surface area contributed by atoms with E-state index >= 15 is 0 Å². The Morgan fingerprint density at radius 3 is 2.10 bits per heavy atom. The summed E-state index contributed by atoms with van der Waals surface area (Å²) in [7, 11) is 0. The molecule has 0 bridgehead atoms. The van der Waals surface area contributed by atoms with Gasteiger partial charge in [0.1, 0.15) is 6.29 Å². The molecule has 0 aromatic heterocycles. The van der Waals surface area contributed by atoms with Crippen LogP contribution in [-0.4, -0.2) is 29.5 Å². The van der Waals surface area contributed by atoms with Crippen molar-refractivity contribution < 1.29 is 14.4 Å². The van der Waals surface area contributed by atoms with Crippen LogP contribution in [0.25, 0.3) is 0 Å². The molecule has 0 radical (unpaired) electrons. The van der Waals surface area contributed by atoms with Crippen LogP contribution in [0.2, 0.25) is 0 Å². The highest BCUT2D eigenvalue weighted by Crippen LogP contribution is 2.25. The third-order valence-corrected chi connectivity index (χ3v) is 3.61. The molecular weight excluding hydrogens is 266 g/mol. The van der Waals surface area contributed by atoms with Crippen LogP contribution >= 0.6 is 0 Å². The van der Waals surface area contributed by atoms with Crippen LogP contribution < -0.4 is 0 Å². The SMILES string of the molecule is C/C=C1/C(=O)N(CCc2ccccc2C=O)C(=O)/C1=C/C. The monoisotopic (exact) mass is 283 g/mol. The predicted molar refractivity (Wildman–Crippen MR) is 79.8 cm³/mol. The van der Waals surface area contributed by atoms with E-state index < -0.39 is 0 Å². The lowest BCUT2D eigenvalue weighted by Crippen LogP contribution is -2.31. The smallest absolute Gasteiger partial charge is 0.261 e. The zero-order valence-corrected chi connectivity index (χ0v) is 12.1. The Morgan fingerprint density at radius 1 is 1.00 bits per heavy atom. The first-order valence-corrected chi connectivity index (χ1v) is 6.86. The van der Waals surface area contributed by atoms with Crippen molar-refractivity contribution in [1.82, 2.24) is 4.90 Å². The molecule has 0 spiro atoms. The average molecular weight is 283 g/mol. The Morgan fingerprint density at radius 2 is 1.57 bits per heavy atom. The van der Waals surface area contributed by atoms with Gasteiger partial charge in [-0.1, -0.05) is 36.4 Å². The minimum absolute atomic E-state index is 0.265. The fraction of sp³-hybridized carbons (Fsp3) is 0.235. The number of likely N-dealkylation sites (tertiary alicyclic amines) is 1. The maximum Gasteiger partial charge on any atom is 0.261 e. The lowest BCUT2D eigenvalue weighted by atomic mass is 10.1. The van der Waals surface area contributed by atoms with E-state index in [4.69, 9.17) is 0 Å². The van der Waals surface area contributed by atoms with Gasteiger partial charge in [0.15, 0.2) is 0 Å². The summed E-state index contributed by atoms with van der Waals surface area (Å²) in [6.45, 7) is 3.77. The van der Waals surface area contributed by atoms with Gasteiger partial charge < -0.3 is 0 Å². The summed E-state index contributed by atoms with van der Waals surface area (Å²) >= 11 is 0. The summed E-state index contributed by atoms with van der Waals surface area (Å²) in [6.07, 6.45) is 4.59. The molecule has 0 atom stereocenters. The third-order valence-electron chi connectivity index (χ3n) is 3.61. The fourth-order valence-corrected chi connectivity index (χ4v) is 2.48. The van der Waals surface area contributed by atoms with Gasteiger partial charge in [0.05, 0.1) is 0 Å². The zero-order valence-electron chi connectivity index (χ0n) is 12.1. The second-order valence-corrected chi connectivity index (χ2v) is 4.73.